The minimum absolute atomic E-state index is 0.0315. The van der Waals surface area contributed by atoms with Crippen LogP contribution in [0.3, 0.4) is 0 Å². The quantitative estimate of drug-likeness (QED) is 0.818. The molecule has 0 unspecified atom stereocenters. The number of ether oxygens (including phenoxy) is 1. The summed E-state index contributed by atoms with van der Waals surface area (Å²) in [7, 11) is 1.50. The van der Waals surface area contributed by atoms with Crippen molar-refractivity contribution in [1.29, 1.82) is 0 Å². The molecule has 0 aliphatic carbocycles. The van der Waals surface area contributed by atoms with Gasteiger partial charge >= 0.3 is 6.01 Å². The molecular weight excluding hydrogens is 242 g/mol. The number of hydrogen-bond donors (Lipinski definition) is 2. The van der Waals surface area contributed by atoms with Crippen LogP contribution in [0.5, 0.6) is 6.01 Å². The number of methoxy groups -OCH3 is 1. The monoisotopic (exact) mass is 259 g/mol. The summed E-state index contributed by atoms with van der Waals surface area (Å²) in [5.41, 5.74) is -0.0315. The Kier molecular flexibility index (Phi) is 4.96. The number of nitrogens with one attached hydrogen (secondary N) is 1. The second-order valence-corrected chi connectivity index (χ2v) is 4.95. The van der Waals surface area contributed by atoms with E-state index in [1.807, 2.05) is 0 Å². The van der Waals surface area contributed by atoms with Crippen molar-refractivity contribution in [3.8, 4) is 6.01 Å². The summed E-state index contributed by atoms with van der Waals surface area (Å²) in [6, 6.07) is 0.275. The molecule has 0 bridgehead atoms. The third-order valence-electron chi connectivity index (χ3n) is 2.43. The highest BCUT2D eigenvalue weighted by molar-refractivity contribution is 6.32. The maximum atomic E-state index is 8.94. The number of nitrogens with zero attached hydrogens (tertiary/aromatic N) is 2. The van der Waals surface area contributed by atoms with Gasteiger partial charge in [0.15, 0.2) is 5.82 Å². The smallest absolute Gasteiger partial charge is 0.318 e. The van der Waals surface area contributed by atoms with Gasteiger partial charge in [-0.05, 0) is 11.8 Å². The van der Waals surface area contributed by atoms with Gasteiger partial charge in [0.1, 0.15) is 5.02 Å². The molecule has 0 fully saturated rings. The van der Waals surface area contributed by atoms with E-state index in [2.05, 4.69) is 29.1 Å². The lowest BCUT2D eigenvalue weighted by atomic mass is 9.90. The van der Waals surface area contributed by atoms with Crippen LogP contribution in [0, 0.1) is 5.41 Å². The standard InChI is InChI=1S/C11H18ClN3O2/c1-11(2,4-5-16)7-14-9-8(12)6-13-10(15-9)17-3/h6,16H,4-5,7H2,1-3H3,(H,13,14,15). The fraction of sp³-hybridized carbons (Fsp3) is 0.636. The van der Waals surface area contributed by atoms with Gasteiger partial charge in [0.05, 0.1) is 13.3 Å². The van der Waals surface area contributed by atoms with Crippen LogP contribution in [-0.2, 0) is 0 Å². The summed E-state index contributed by atoms with van der Waals surface area (Å²) in [4.78, 5) is 8.01. The first-order chi connectivity index (χ1) is 7.98. The van der Waals surface area contributed by atoms with Gasteiger partial charge < -0.3 is 15.2 Å². The van der Waals surface area contributed by atoms with Gasteiger partial charge in [-0.25, -0.2) is 4.98 Å². The third kappa shape index (κ3) is 4.36. The van der Waals surface area contributed by atoms with Crippen molar-refractivity contribution < 1.29 is 9.84 Å². The first-order valence-corrected chi connectivity index (χ1v) is 5.77. The molecule has 0 amide bonds. The van der Waals surface area contributed by atoms with Gasteiger partial charge in [-0.2, -0.15) is 4.98 Å². The van der Waals surface area contributed by atoms with Crippen molar-refractivity contribution in [2.24, 2.45) is 5.41 Å². The SMILES string of the molecule is COc1ncc(Cl)c(NCC(C)(C)CCO)n1. The Morgan fingerprint density at radius 2 is 2.24 bits per heavy atom. The van der Waals surface area contributed by atoms with Gasteiger partial charge in [-0.1, -0.05) is 25.4 Å². The Hall–Kier alpha value is -1.07. The maximum Gasteiger partial charge on any atom is 0.318 e. The Bertz CT molecular complexity index is 372. The molecular formula is C11H18ClN3O2. The Labute approximate surface area is 106 Å². The summed E-state index contributed by atoms with van der Waals surface area (Å²) in [6.45, 7) is 4.94. The lowest BCUT2D eigenvalue weighted by molar-refractivity contribution is 0.220. The highest BCUT2D eigenvalue weighted by atomic mass is 35.5. The van der Waals surface area contributed by atoms with Crippen molar-refractivity contribution in [1.82, 2.24) is 9.97 Å². The number of aromatic nitrogens is 2. The van der Waals surface area contributed by atoms with E-state index in [9.17, 15) is 0 Å². The normalized spacial score (nSPS) is 11.4. The number of halogens is 1. The number of aliphatic hydroxyl groups is 1. The number of rotatable bonds is 6. The fourth-order valence-corrected chi connectivity index (χ4v) is 1.45. The minimum Gasteiger partial charge on any atom is -0.467 e. The van der Waals surface area contributed by atoms with Crippen LogP contribution in [0.25, 0.3) is 0 Å². The average Bonchev–Trinajstić information content (AvgIpc) is 2.28. The molecule has 1 aromatic rings. The molecule has 0 aromatic carbocycles. The molecule has 0 spiro atoms. The maximum absolute atomic E-state index is 8.94. The summed E-state index contributed by atoms with van der Waals surface area (Å²) >= 11 is 5.97. The zero-order chi connectivity index (χ0) is 12.9. The second-order valence-electron chi connectivity index (χ2n) is 4.54. The van der Waals surface area contributed by atoms with Gasteiger partial charge in [0, 0.05) is 13.2 Å². The van der Waals surface area contributed by atoms with Crippen molar-refractivity contribution in [3.63, 3.8) is 0 Å². The number of aliphatic hydroxyl groups excluding tert-OH is 1. The molecule has 96 valence electrons. The third-order valence-corrected chi connectivity index (χ3v) is 2.70. The minimum atomic E-state index is -0.0315. The van der Waals surface area contributed by atoms with Crippen LogP contribution in [-0.4, -0.2) is 35.3 Å². The molecule has 0 atom stereocenters. The average molecular weight is 260 g/mol. The lowest BCUT2D eigenvalue weighted by Gasteiger charge is -2.24. The highest BCUT2D eigenvalue weighted by Crippen LogP contribution is 2.24. The zero-order valence-corrected chi connectivity index (χ0v) is 11.1. The fourth-order valence-electron chi connectivity index (χ4n) is 1.29. The lowest BCUT2D eigenvalue weighted by Crippen LogP contribution is -2.24. The molecule has 0 saturated heterocycles. The molecule has 5 nitrogen and oxygen atoms in total. The van der Waals surface area contributed by atoms with E-state index in [4.69, 9.17) is 21.4 Å². The highest BCUT2D eigenvalue weighted by Gasteiger charge is 2.18. The first kappa shape index (κ1) is 14.0. The molecule has 17 heavy (non-hydrogen) atoms. The molecule has 0 saturated carbocycles. The molecule has 2 N–H and O–H groups in total. The molecule has 0 radical (unpaired) electrons. The van der Waals surface area contributed by atoms with Crippen molar-refractivity contribution >= 4 is 17.4 Å². The van der Waals surface area contributed by atoms with Crippen LogP contribution < -0.4 is 10.1 Å². The Balaban J connectivity index is 2.68. The van der Waals surface area contributed by atoms with Gasteiger partial charge in [-0.3, -0.25) is 0 Å². The van der Waals surface area contributed by atoms with Crippen molar-refractivity contribution in [2.45, 2.75) is 20.3 Å². The van der Waals surface area contributed by atoms with Crippen LogP contribution in [0.2, 0.25) is 5.02 Å². The molecule has 1 aromatic heterocycles. The summed E-state index contributed by atoms with van der Waals surface area (Å²) < 4.78 is 4.93. The Morgan fingerprint density at radius 3 is 2.82 bits per heavy atom. The molecule has 1 heterocycles. The van der Waals surface area contributed by atoms with E-state index < -0.39 is 0 Å². The predicted molar refractivity (Wildman–Crippen MR) is 67.6 cm³/mol. The largest absolute Gasteiger partial charge is 0.467 e. The van der Waals surface area contributed by atoms with E-state index in [1.165, 1.54) is 13.3 Å². The van der Waals surface area contributed by atoms with E-state index >= 15 is 0 Å². The van der Waals surface area contributed by atoms with Gasteiger partial charge in [-0.15, -0.1) is 0 Å². The van der Waals surface area contributed by atoms with Gasteiger partial charge in [0.2, 0.25) is 0 Å². The second kappa shape index (κ2) is 6.02. The summed E-state index contributed by atoms with van der Waals surface area (Å²) in [6.07, 6.45) is 2.20. The van der Waals surface area contributed by atoms with Crippen LogP contribution in [0.1, 0.15) is 20.3 Å². The van der Waals surface area contributed by atoms with Gasteiger partial charge in [0.25, 0.3) is 0 Å². The molecule has 1 rings (SSSR count). The first-order valence-electron chi connectivity index (χ1n) is 5.40. The van der Waals surface area contributed by atoms with Crippen LogP contribution in [0.4, 0.5) is 5.82 Å². The van der Waals surface area contributed by atoms with E-state index in [-0.39, 0.29) is 18.0 Å². The summed E-state index contributed by atoms with van der Waals surface area (Å²) in [5.74, 6) is 0.546. The van der Waals surface area contributed by atoms with Crippen LogP contribution >= 0.6 is 11.6 Å². The van der Waals surface area contributed by atoms with Crippen molar-refractivity contribution in [3.05, 3.63) is 11.2 Å². The summed E-state index contributed by atoms with van der Waals surface area (Å²) in [5, 5.41) is 12.5. The van der Waals surface area contributed by atoms with E-state index in [0.29, 0.717) is 23.8 Å². The zero-order valence-electron chi connectivity index (χ0n) is 10.3. The van der Waals surface area contributed by atoms with E-state index in [0.717, 1.165) is 0 Å². The van der Waals surface area contributed by atoms with E-state index in [1.54, 1.807) is 0 Å². The van der Waals surface area contributed by atoms with Crippen molar-refractivity contribution in [2.75, 3.05) is 25.6 Å². The topological polar surface area (TPSA) is 67.3 Å². The Morgan fingerprint density at radius 1 is 1.53 bits per heavy atom. The molecule has 6 heteroatoms. The predicted octanol–water partition coefficient (Wildman–Crippen LogP) is 1.96. The van der Waals surface area contributed by atoms with Crippen LogP contribution in [0.15, 0.2) is 6.20 Å². The number of anilines is 1. The number of hydrogen-bond acceptors (Lipinski definition) is 5. The molecule has 0 aliphatic heterocycles. The molecule has 0 aliphatic rings.